The first-order valence-corrected chi connectivity index (χ1v) is 8.35. The highest BCUT2D eigenvalue weighted by atomic mass is 32.2. The largest absolute Gasteiger partial charge is 0.384 e. The molecule has 1 unspecified atom stereocenters. The fraction of sp³-hybridized carbons (Fsp3) is 0.571. The first-order chi connectivity index (χ1) is 8.95. The van der Waals surface area contributed by atoms with Crippen LogP contribution in [-0.2, 0) is 15.4 Å². The molecule has 5 heteroatoms. The molecule has 104 valence electrons. The topological polar surface area (TPSA) is 80.4 Å². The van der Waals surface area contributed by atoms with Crippen molar-refractivity contribution < 1.29 is 13.5 Å². The number of sulfone groups is 1. The molecule has 0 bridgehead atoms. The Kier molecular flexibility index (Phi) is 2.78. The molecule has 1 aromatic rings. The van der Waals surface area contributed by atoms with Crippen LogP contribution in [-0.4, -0.2) is 25.8 Å². The van der Waals surface area contributed by atoms with Crippen LogP contribution in [0.3, 0.4) is 0 Å². The SMILES string of the molecule is NCC1(C2(O)CCS(=O)(=O)c3ccccc32)CCC1. The van der Waals surface area contributed by atoms with Crippen LogP contribution in [0.1, 0.15) is 31.2 Å². The molecular weight excluding hydrogens is 262 g/mol. The van der Waals surface area contributed by atoms with E-state index in [1.165, 1.54) is 0 Å². The summed E-state index contributed by atoms with van der Waals surface area (Å²) >= 11 is 0. The van der Waals surface area contributed by atoms with Crippen LogP contribution in [0.4, 0.5) is 0 Å². The first-order valence-electron chi connectivity index (χ1n) is 6.70. The van der Waals surface area contributed by atoms with Crippen LogP contribution in [0.5, 0.6) is 0 Å². The minimum Gasteiger partial charge on any atom is -0.384 e. The summed E-state index contributed by atoms with van der Waals surface area (Å²) in [6, 6.07) is 6.82. The van der Waals surface area contributed by atoms with Crippen molar-refractivity contribution in [1.29, 1.82) is 0 Å². The van der Waals surface area contributed by atoms with E-state index in [4.69, 9.17) is 5.73 Å². The monoisotopic (exact) mass is 281 g/mol. The smallest absolute Gasteiger partial charge is 0.178 e. The molecule has 1 aliphatic heterocycles. The Labute approximate surface area is 113 Å². The summed E-state index contributed by atoms with van der Waals surface area (Å²) in [6.45, 7) is 0.401. The Hall–Kier alpha value is -0.910. The Morgan fingerprint density at radius 2 is 1.89 bits per heavy atom. The standard InChI is InChI=1S/C14H19NO3S/c15-10-13(6-3-7-13)14(16)8-9-19(17,18)12-5-2-1-4-11(12)14/h1-2,4-5,16H,3,6-10,15H2. The van der Waals surface area contributed by atoms with Crippen molar-refractivity contribution in [2.24, 2.45) is 11.1 Å². The highest BCUT2D eigenvalue weighted by molar-refractivity contribution is 7.91. The maximum absolute atomic E-state index is 12.1. The van der Waals surface area contributed by atoms with E-state index in [9.17, 15) is 13.5 Å². The number of benzene rings is 1. The molecule has 3 N–H and O–H groups in total. The predicted molar refractivity (Wildman–Crippen MR) is 72.3 cm³/mol. The zero-order chi connectivity index (χ0) is 13.7. The van der Waals surface area contributed by atoms with Gasteiger partial charge in [-0.3, -0.25) is 0 Å². The third-order valence-electron chi connectivity index (χ3n) is 4.98. The summed E-state index contributed by atoms with van der Waals surface area (Å²) in [5, 5.41) is 11.2. The first kappa shape index (κ1) is 13.1. The van der Waals surface area contributed by atoms with E-state index >= 15 is 0 Å². The van der Waals surface area contributed by atoms with Crippen molar-refractivity contribution >= 4 is 9.84 Å². The van der Waals surface area contributed by atoms with Gasteiger partial charge in [0.2, 0.25) is 0 Å². The third-order valence-corrected chi connectivity index (χ3v) is 6.75. The Morgan fingerprint density at radius 1 is 1.21 bits per heavy atom. The number of hydrogen-bond donors (Lipinski definition) is 2. The average Bonchev–Trinajstić information content (AvgIpc) is 2.35. The molecule has 1 atom stereocenters. The van der Waals surface area contributed by atoms with E-state index in [2.05, 4.69) is 0 Å². The van der Waals surface area contributed by atoms with Crippen LogP contribution in [0.2, 0.25) is 0 Å². The molecule has 0 amide bonds. The number of aliphatic hydroxyl groups is 1. The van der Waals surface area contributed by atoms with Gasteiger partial charge in [0, 0.05) is 17.5 Å². The summed E-state index contributed by atoms with van der Waals surface area (Å²) in [4.78, 5) is 0.281. The Bertz CT molecular complexity index is 601. The lowest BCUT2D eigenvalue weighted by molar-refractivity contribution is -0.135. The van der Waals surface area contributed by atoms with Gasteiger partial charge in [-0.15, -0.1) is 0 Å². The second-order valence-electron chi connectivity index (χ2n) is 5.76. The van der Waals surface area contributed by atoms with E-state index in [1.807, 2.05) is 0 Å². The van der Waals surface area contributed by atoms with Gasteiger partial charge in [-0.1, -0.05) is 24.6 Å². The normalized spacial score (nSPS) is 31.3. The van der Waals surface area contributed by atoms with Crippen LogP contribution >= 0.6 is 0 Å². The highest BCUT2D eigenvalue weighted by Crippen LogP contribution is 2.57. The van der Waals surface area contributed by atoms with E-state index < -0.39 is 15.4 Å². The minimum atomic E-state index is -3.27. The summed E-state index contributed by atoms with van der Waals surface area (Å²) < 4.78 is 24.3. The number of fused-ring (bicyclic) bond motifs is 1. The molecule has 1 aliphatic carbocycles. The second kappa shape index (κ2) is 4.04. The fourth-order valence-corrected chi connectivity index (χ4v) is 5.19. The van der Waals surface area contributed by atoms with Gasteiger partial charge in [0.15, 0.2) is 9.84 Å². The maximum Gasteiger partial charge on any atom is 0.178 e. The van der Waals surface area contributed by atoms with Crippen LogP contribution in [0, 0.1) is 5.41 Å². The minimum absolute atomic E-state index is 0.00225. The molecular formula is C14H19NO3S. The highest BCUT2D eigenvalue weighted by Gasteiger charge is 2.57. The summed E-state index contributed by atoms with van der Waals surface area (Å²) in [6.07, 6.45) is 3.04. The molecule has 0 spiro atoms. The molecule has 4 nitrogen and oxygen atoms in total. The van der Waals surface area contributed by atoms with Gasteiger partial charge < -0.3 is 10.8 Å². The summed E-state index contributed by atoms with van der Waals surface area (Å²) in [7, 11) is -3.27. The van der Waals surface area contributed by atoms with Crippen molar-refractivity contribution in [2.75, 3.05) is 12.3 Å². The summed E-state index contributed by atoms with van der Waals surface area (Å²) in [5.74, 6) is 0.00225. The predicted octanol–water partition coefficient (Wildman–Crippen LogP) is 1.18. The van der Waals surface area contributed by atoms with E-state index in [-0.39, 0.29) is 22.5 Å². The van der Waals surface area contributed by atoms with Crippen molar-refractivity contribution in [3.8, 4) is 0 Å². The van der Waals surface area contributed by atoms with Gasteiger partial charge in [-0.2, -0.15) is 0 Å². The molecule has 1 heterocycles. The Morgan fingerprint density at radius 3 is 2.47 bits per heavy atom. The van der Waals surface area contributed by atoms with E-state index in [1.54, 1.807) is 24.3 Å². The van der Waals surface area contributed by atoms with Gasteiger partial charge >= 0.3 is 0 Å². The van der Waals surface area contributed by atoms with Gasteiger partial charge in [0.1, 0.15) is 0 Å². The molecule has 0 radical (unpaired) electrons. The number of rotatable bonds is 2. The number of nitrogens with two attached hydrogens (primary N) is 1. The van der Waals surface area contributed by atoms with E-state index in [0.29, 0.717) is 12.1 Å². The quantitative estimate of drug-likeness (QED) is 0.853. The average molecular weight is 281 g/mol. The van der Waals surface area contributed by atoms with Gasteiger partial charge in [0.05, 0.1) is 16.2 Å². The lowest BCUT2D eigenvalue weighted by Gasteiger charge is -2.54. The van der Waals surface area contributed by atoms with Crippen molar-refractivity contribution in [3.05, 3.63) is 29.8 Å². The van der Waals surface area contributed by atoms with Gasteiger partial charge in [-0.25, -0.2) is 8.42 Å². The molecule has 3 rings (SSSR count). The molecule has 0 saturated heterocycles. The second-order valence-corrected chi connectivity index (χ2v) is 7.84. The molecule has 1 saturated carbocycles. The maximum atomic E-state index is 12.1. The van der Waals surface area contributed by atoms with E-state index in [0.717, 1.165) is 19.3 Å². The van der Waals surface area contributed by atoms with Crippen LogP contribution in [0.15, 0.2) is 29.2 Å². The van der Waals surface area contributed by atoms with Gasteiger partial charge in [-0.05, 0) is 25.3 Å². The van der Waals surface area contributed by atoms with Crippen LogP contribution in [0.25, 0.3) is 0 Å². The zero-order valence-corrected chi connectivity index (χ0v) is 11.6. The summed E-state index contributed by atoms with van der Waals surface area (Å²) in [5.41, 5.74) is 5.00. The molecule has 19 heavy (non-hydrogen) atoms. The van der Waals surface area contributed by atoms with Crippen molar-refractivity contribution in [3.63, 3.8) is 0 Å². The fourth-order valence-electron chi connectivity index (χ4n) is 3.55. The van der Waals surface area contributed by atoms with Crippen LogP contribution < -0.4 is 5.73 Å². The zero-order valence-electron chi connectivity index (χ0n) is 10.8. The number of hydrogen-bond acceptors (Lipinski definition) is 4. The Balaban J connectivity index is 2.20. The van der Waals surface area contributed by atoms with Gasteiger partial charge in [0.25, 0.3) is 0 Å². The lowest BCUT2D eigenvalue weighted by Crippen LogP contribution is -2.56. The molecule has 1 aromatic carbocycles. The lowest BCUT2D eigenvalue weighted by atomic mass is 9.55. The third kappa shape index (κ3) is 1.61. The van der Waals surface area contributed by atoms with Crippen molar-refractivity contribution in [2.45, 2.75) is 36.2 Å². The van der Waals surface area contributed by atoms with Crippen molar-refractivity contribution in [1.82, 2.24) is 0 Å². The molecule has 0 aromatic heterocycles. The molecule has 1 fully saturated rings. The molecule has 2 aliphatic rings.